The van der Waals surface area contributed by atoms with E-state index < -0.39 is 0 Å². The summed E-state index contributed by atoms with van der Waals surface area (Å²) in [5.41, 5.74) is 0. The molecule has 0 bridgehead atoms. The van der Waals surface area contributed by atoms with E-state index in [-0.39, 0.29) is 0 Å². The van der Waals surface area contributed by atoms with Crippen LogP contribution in [0, 0.1) is 0 Å². The van der Waals surface area contributed by atoms with Crippen LogP contribution in [0.15, 0.2) is 6.20 Å². The van der Waals surface area contributed by atoms with E-state index in [0.29, 0.717) is 6.61 Å². The lowest BCUT2D eigenvalue weighted by Gasteiger charge is -2.00. The molecule has 1 heterocycles. The molecule has 0 spiro atoms. The van der Waals surface area contributed by atoms with Crippen molar-refractivity contribution >= 4 is 11.3 Å². The van der Waals surface area contributed by atoms with E-state index >= 15 is 0 Å². The number of ether oxygens (including phenoxy) is 2. The fourth-order valence-electron chi connectivity index (χ4n) is 1.01. The zero-order chi connectivity index (χ0) is 10.2. The zero-order valence-corrected chi connectivity index (χ0v) is 9.39. The first-order valence-corrected chi connectivity index (χ1v) is 5.30. The molecule has 14 heavy (non-hydrogen) atoms. The van der Waals surface area contributed by atoms with E-state index in [0.717, 1.165) is 24.7 Å². The minimum Gasteiger partial charge on any atom is -0.383 e. The SMILES string of the molecule is COCCNCc1cnc(COC)s1. The standard InChI is InChI=1S/C9H16N2O2S/c1-12-4-3-10-5-8-6-11-9(14-8)7-13-2/h6,10H,3-5,7H2,1-2H3. The Kier molecular flexibility index (Phi) is 5.70. The van der Waals surface area contributed by atoms with Crippen molar-refractivity contribution < 1.29 is 9.47 Å². The smallest absolute Gasteiger partial charge is 0.119 e. The largest absolute Gasteiger partial charge is 0.383 e. The summed E-state index contributed by atoms with van der Waals surface area (Å²) in [6.45, 7) is 3.06. The molecule has 0 radical (unpaired) electrons. The van der Waals surface area contributed by atoms with Crippen molar-refractivity contribution in [3.05, 3.63) is 16.1 Å². The molecule has 0 aliphatic rings. The van der Waals surface area contributed by atoms with Crippen LogP contribution in [0.2, 0.25) is 0 Å². The van der Waals surface area contributed by atoms with Gasteiger partial charge in [0.2, 0.25) is 0 Å². The Labute approximate surface area is 88.3 Å². The van der Waals surface area contributed by atoms with Crippen LogP contribution in [-0.4, -0.2) is 32.4 Å². The van der Waals surface area contributed by atoms with Crippen LogP contribution in [-0.2, 0) is 22.6 Å². The number of rotatable bonds is 7. The molecule has 0 unspecified atom stereocenters. The zero-order valence-electron chi connectivity index (χ0n) is 8.58. The van der Waals surface area contributed by atoms with E-state index in [2.05, 4.69) is 10.3 Å². The van der Waals surface area contributed by atoms with Crippen LogP contribution in [0.1, 0.15) is 9.88 Å². The van der Waals surface area contributed by atoms with Gasteiger partial charge >= 0.3 is 0 Å². The number of thiazole rings is 1. The number of methoxy groups -OCH3 is 2. The first-order valence-electron chi connectivity index (χ1n) is 4.49. The van der Waals surface area contributed by atoms with E-state index in [1.54, 1.807) is 25.6 Å². The van der Waals surface area contributed by atoms with Gasteiger partial charge in [-0.1, -0.05) is 0 Å². The molecular weight excluding hydrogens is 200 g/mol. The van der Waals surface area contributed by atoms with Gasteiger partial charge in [-0.15, -0.1) is 11.3 Å². The third-order valence-corrected chi connectivity index (χ3v) is 2.62. The highest BCUT2D eigenvalue weighted by molar-refractivity contribution is 7.11. The second kappa shape index (κ2) is 6.89. The van der Waals surface area contributed by atoms with Gasteiger partial charge in [0.05, 0.1) is 13.2 Å². The van der Waals surface area contributed by atoms with Crippen molar-refractivity contribution in [2.45, 2.75) is 13.2 Å². The molecule has 0 fully saturated rings. The second-order valence-corrected chi connectivity index (χ2v) is 4.02. The molecule has 0 aliphatic carbocycles. The molecule has 5 heteroatoms. The maximum Gasteiger partial charge on any atom is 0.119 e. The Bertz CT molecular complexity index is 253. The van der Waals surface area contributed by atoms with Gasteiger partial charge in [-0.25, -0.2) is 4.98 Å². The minimum absolute atomic E-state index is 0.600. The first-order chi connectivity index (χ1) is 6.86. The molecule has 0 saturated heterocycles. The monoisotopic (exact) mass is 216 g/mol. The minimum atomic E-state index is 0.600. The highest BCUT2D eigenvalue weighted by Crippen LogP contribution is 2.12. The van der Waals surface area contributed by atoms with Crippen molar-refractivity contribution in [3.63, 3.8) is 0 Å². The number of aromatic nitrogens is 1. The Balaban J connectivity index is 2.22. The molecule has 1 aromatic heterocycles. The molecular formula is C9H16N2O2S. The lowest BCUT2D eigenvalue weighted by Crippen LogP contribution is -2.17. The predicted octanol–water partition coefficient (Wildman–Crippen LogP) is 1.03. The summed E-state index contributed by atoms with van der Waals surface area (Å²) in [6.07, 6.45) is 1.89. The summed E-state index contributed by atoms with van der Waals surface area (Å²) in [5, 5.41) is 4.29. The van der Waals surface area contributed by atoms with Gasteiger partial charge in [0.1, 0.15) is 5.01 Å². The Morgan fingerprint density at radius 1 is 1.43 bits per heavy atom. The molecule has 4 nitrogen and oxygen atoms in total. The van der Waals surface area contributed by atoms with E-state index in [9.17, 15) is 0 Å². The lowest BCUT2D eigenvalue weighted by atomic mass is 10.5. The summed E-state index contributed by atoms with van der Waals surface area (Å²) in [5.74, 6) is 0. The second-order valence-electron chi connectivity index (χ2n) is 2.82. The highest BCUT2D eigenvalue weighted by atomic mass is 32.1. The third-order valence-electron chi connectivity index (χ3n) is 1.65. The molecule has 1 rings (SSSR count). The number of nitrogens with zero attached hydrogens (tertiary/aromatic N) is 1. The Hall–Kier alpha value is -0.490. The predicted molar refractivity (Wildman–Crippen MR) is 56.4 cm³/mol. The Morgan fingerprint density at radius 2 is 2.29 bits per heavy atom. The van der Waals surface area contributed by atoms with Gasteiger partial charge < -0.3 is 14.8 Å². The summed E-state index contributed by atoms with van der Waals surface area (Å²) < 4.78 is 9.92. The Morgan fingerprint density at radius 3 is 3.00 bits per heavy atom. The lowest BCUT2D eigenvalue weighted by molar-refractivity contribution is 0.184. The quantitative estimate of drug-likeness (QED) is 0.691. The van der Waals surface area contributed by atoms with Gasteiger partial charge in [-0.05, 0) is 0 Å². The molecule has 0 saturated carbocycles. The van der Waals surface area contributed by atoms with Crippen LogP contribution in [0.3, 0.4) is 0 Å². The fourth-order valence-corrected chi connectivity index (χ4v) is 1.87. The fraction of sp³-hybridized carbons (Fsp3) is 0.667. The normalized spacial score (nSPS) is 10.7. The van der Waals surface area contributed by atoms with Crippen LogP contribution in [0.4, 0.5) is 0 Å². The number of hydrogen-bond donors (Lipinski definition) is 1. The summed E-state index contributed by atoms with van der Waals surface area (Å²) in [4.78, 5) is 5.46. The molecule has 0 aliphatic heterocycles. The third kappa shape index (κ3) is 4.15. The van der Waals surface area contributed by atoms with E-state index in [1.165, 1.54) is 4.88 Å². The maximum atomic E-state index is 4.99. The van der Waals surface area contributed by atoms with Gasteiger partial charge in [0.25, 0.3) is 0 Å². The maximum absolute atomic E-state index is 4.99. The molecule has 0 amide bonds. The molecule has 1 N–H and O–H groups in total. The van der Waals surface area contributed by atoms with Crippen molar-refractivity contribution in [1.82, 2.24) is 10.3 Å². The average Bonchev–Trinajstić information content (AvgIpc) is 2.61. The van der Waals surface area contributed by atoms with Crippen molar-refractivity contribution in [3.8, 4) is 0 Å². The number of hydrogen-bond acceptors (Lipinski definition) is 5. The van der Waals surface area contributed by atoms with Crippen molar-refractivity contribution in [1.29, 1.82) is 0 Å². The topological polar surface area (TPSA) is 43.4 Å². The van der Waals surface area contributed by atoms with Gasteiger partial charge in [-0.2, -0.15) is 0 Å². The first kappa shape index (κ1) is 11.6. The van der Waals surface area contributed by atoms with Crippen LogP contribution >= 0.6 is 11.3 Å². The summed E-state index contributed by atoms with van der Waals surface area (Å²) in [6, 6.07) is 0. The van der Waals surface area contributed by atoms with Gasteiger partial charge in [0.15, 0.2) is 0 Å². The molecule has 1 aromatic rings. The summed E-state index contributed by atoms with van der Waals surface area (Å²) >= 11 is 1.68. The van der Waals surface area contributed by atoms with E-state index in [4.69, 9.17) is 9.47 Å². The van der Waals surface area contributed by atoms with Crippen molar-refractivity contribution in [2.75, 3.05) is 27.4 Å². The van der Waals surface area contributed by atoms with Crippen LogP contribution in [0.25, 0.3) is 0 Å². The average molecular weight is 216 g/mol. The van der Waals surface area contributed by atoms with Crippen molar-refractivity contribution in [2.24, 2.45) is 0 Å². The van der Waals surface area contributed by atoms with Crippen LogP contribution < -0.4 is 5.32 Å². The number of nitrogens with one attached hydrogen (secondary N) is 1. The summed E-state index contributed by atoms with van der Waals surface area (Å²) in [7, 11) is 3.38. The van der Waals surface area contributed by atoms with E-state index in [1.807, 2.05) is 6.20 Å². The highest BCUT2D eigenvalue weighted by Gasteiger charge is 2.00. The molecule has 80 valence electrons. The van der Waals surface area contributed by atoms with Crippen LogP contribution in [0.5, 0.6) is 0 Å². The van der Waals surface area contributed by atoms with Gasteiger partial charge in [-0.3, -0.25) is 0 Å². The molecule has 0 atom stereocenters. The van der Waals surface area contributed by atoms with Gasteiger partial charge in [0, 0.05) is 38.4 Å². The molecule has 0 aromatic carbocycles.